The number of rotatable bonds is 3. The predicted molar refractivity (Wildman–Crippen MR) is 112 cm³/mol. The van der Waals surface area contributed by atoms with Gasteiger partial charge >= 0.3 is 0 Å². The van der Waals surface area contributed by atoms with Crippen LogP contribution in [0.25, 0.3) is 0 Å². The summed E-state index contributed by atoms with van der Waals surface area (Å²) in [6, 6.07) is 6.85. The molecule has 7 nitrogen and oxygen atoms in total. The topological polar surface area (TPSA) is 70.2 Å². The predicted octanol–water partition coefficient (Wildman–Crippen LogP) is 2.19. The molecule has 0 saturated carbocycles. The van der Waals surface area contributed by atoms with Gasteiger partial charge in [-0.2, -0.15) is 0 Å². The number of hydrogen-bond donors (Lipinski definition) is 0. The summed E-state index contributed by atoms with van der Waals surface area (Å²) >= 11 is 0. The van der Waals surface area contributed by atoms with E-state index in [-0.39, 0.29) is 24.3 Å². The summed E-state index contributed by atoms with van der Waals surface area (Å²) < 4.78 is 6.24. The number of aryl methyl sites for hydroxylation is 1. The molecule has 3 saturated heterocycles. The quantitative estimate of drug-likeness (QED) is 0.762. The summed E-state index contributed by atoms with van der Waals surface area (Å²) in [6.45, 7) is 6.62. The first-order valence-corrected chi connectivity index (χ1v) is 11.1. The van der Waals surface area contributed by atoms with Crippen molar-refractivity contribution in [3.8, 4) is 0 Å². The molecule has 162 valence electrons. The van der Waals surface area contributed by atoms with E-state index in [1.54, 1.807) is 4.90 Å². The van der Waals surface area contributed by atoms with Crippen LogP contribution in [0.3, 0.4) is 0 Å². The fourth-order valence-corrected chi connectivity index (χ4v) is 4.87. The lowest BCUT2D eigenvalue weighted by Gasteiger charge is -2.44. The van der Waals surface area contributed by atoms with Crippen molar-refractivity contribution in [2.45, 2.75) is 57.7 Å². The molecule has 7 heteroatoms. The molecular weight excluding hydrogens is 382 g/mol. The minimum Gasteiger partial charge on any atom is -0.353 e. The summed E-state index contributed by atoms with van der Waals surface area (Å²) in [5, 5.41) is 0. The first-order valence-electron chi connectivity index (χ1n) is 11.1. The molecule has 3 heterocycles. The molecule has 0 aromatic heterocycles. The zero-order valence-corrected chi connectivity index (χ0v) is 17.9. The highest BCUT2D eigenvalue weighted by Gasteiger charge is 2.54. The van der Waals surface area contributed by atoms with Crippen molar-refractivity contribution in [2.24, 2.45) is 0 Å². The fourth-order valence-electron chi connectivity index (χ4n) is 4.87. The van der Waals surface area contributed by atoms with Crippen LogP contribution in [0.4, 0.5) is 0 Å². The van der Waals surface area contributed by atoms with Crippen LogP contribution in [0.2, 0.25) is 0 Å². The van der Waals surface area contributed by atoms with E-state index < -0.39 is 11.8 Å². The van der Waals surface area contributed by atoms with Gasteiger partial charge in [0, 0.05) is 51.0 Å². The molecule has 0 bridgehead atoms. The van der Waals surface area contributed by atoms with Gasteiger partial charge in [-0.05, 0) is 31.9 Å². The zero-order valence-electron chi connectivity index (χ0n) is 17.9. The second kappa shape index (κ2) is 8.38. The molecule has 3 aliphatic rings. The van der Waals surface area contributed by atoms with Gasteiger partial charge in [-0.3, -0.25) is 19.3 Å². The van der Waals surface area contributed by atoms with Crippen LogP contribution in [0.1, 0.15) is 54.9 Å². The molecule has 0 radical (unpaired) electrons. The molecule has 3 aliphatic heterocycles. The van der Waals surface area contributed by atoms with Gasteiger partial charge in [0.1, 0.15) is 11.8 Å². The van der Waals surface area contributed by atoms with Crippen LogP contribution in [0, 0.1) is 6.92 Å². The molecule has 3 fully saturated rings. The van der Waals surface area contributed by atoms with E-state index in [2.05, 4.69) is 0 Å². The summed E-state index contributed by atoms with van der Waals surface area (Å²) in [7, 11) is 0. The van der Waals surface area contributed by atoms with Gasteiger partial charge in [0.05, 0.1) is 6.61 Å². The van der Waals surface area contributed by atoms with Gasteiger partial charge in [0.15, 0.2) is 0 Å². The number of ether oxygens (including phenoxy) is 1. The van der Waals surface area contributed by atoms with Gasteiger partial charge < -0.3 is 14.5 Å². The summed E-state index contributed by atoms with van der Waals surface area (Å²) in [5.74, 6) is -0.0684. The average Bonchev–Trinajstić information content (AvgIpc) is 3.42. The monoisotopic (exact) mass is 413 g/mol. The largest absolute Gasteiger partial charge is 0.353 e. The van der Waals surface area contributed by atoms with Crippen LogP contribution in [-0.2, 0) is 14.3 Å². The number of benzene rings is 1. The number of likely N-dealkylation sites (tertiary alicyclic amines) is 2. The lowest BCUT2D eigenvalue weighted by molar-refractivity contribution is -0.144. The van der Waals surface area contributed by atoms with Crippen molar-refractivity contribution in [3.05, 3.63) is 35.4 Å². The number of carbonyl (C=O) groups is 3. The number of hydrogen-bond acceptors (Lipinski definition) is 4. The molecule has 0 N–H and O–H groups in total. The Bertz CT molecular complexity index is 808. The number of nitrogens with zero attached hydrogens (tertiary/aromatic N) is 3. The maximum atomic E-state index is 13.6. The Kier molecular flexibility index (Phi) is 5.82. The normalized spacial score (nSPS) is 23.3. The number of amides is 3. The Hall–Kier alpha value is -2.41. The van der Waals surface area contributed by atoms with Crippen molar-refractivity contribution >= 4 is 17.7 Å². The smallest absolute Gasteiger partial charge is 0.256 e. The van der Waals surface area contributed by atoms with E-state index in [0.29, 0.717) is 37.9 Å². The van der Waals surface area contributed by atoms with Crippen molar-refractivity contribution in [3.63, 3.8) is 0 Å². The molecule has 1 spiro atoms. The van der Waals surface area contributed by atoms with E-state index >= 15 is 0 Å². The van der Waals surface area contributed by atoms with Crippen molar-refractivity contribution in [1.29, 1.82) is 0 Å². The van der Waals surface area contributed by atoms with Crippen LogP contribution >= 0.6 is 0 Å². The second-order valence-corrected chi connectivity index (χ2v) is 8.58. The lowest BCUT2D eigenvalue weighted by atomic mass is 9.96. The van der Waals surface area contributed by atoms with Crippen molar-refractivity contribution in [1.82, 2.24) is 14.7 Å². The minimum atomic E-state index is -0.827. The Morgan fingerprint density at radius 2 is 1.63 bits per heavy atom. The van der Waals surface area contributed by atoms with E-state index in [1.807, 2.05) is 47.9 Å². The van der Waals surface area contributed by atoms with Gasteiger partial charge in [-0.15, -0.1) is 0 Å². The lowest BCUT2D eigenvalue weighted by Crippen LogP contribution is -2.60. The second-order valence-electron chi connectivity index (χ2n) is 8.58. The molecule has 1 atom stereocenters. The number of piperidine rings is 1. The third-order valence-electron chi connectivity index (χ3n) is 6.68. The molecule has 3 amide bonds. The third-order valence-corrected chi connectivity index (χ3v) is 6.68. The molecule has 1 aromatic carbocycles. The fraction of sp³-hybridized carbons (Fsp3) is 0.609. The Balaban J connectivity index is 1.62. The summed E-state index contributed by atoms with van der Waals surface area (Å²) in [4.78, 5) is 44.4. The summed E-state index contributed by atoms with van der Waals surface area (Å²) in [5.41, 5.74) is 0.818. The van der Waals surface area contributed by atoms with E-state index in [1.165, 1.54) is 0 Å². The highest BCUT2D eigenvalue weighted by atomic mass is 16.5. The highest BCUT2D eigenvalue weighted by molar-refractivity contribution is 5.98. The third kappa shape index (κ3) is 3.71. The maximum absolute atomic E-state index is 13.6. The van der Waals surface area contributed by atoms with Crippen molar-refractivity contribution in [2.75, 3.05) is 32.8 Å². The standard InChI is InChI=1S/C23H31N3O4/c1-3-20(27)24-14-10-23(11-15-24)26(21(28)18-8-6-17(2)7-9-18)19(16-30-23)22(29)25-12-4-5-13-25/h6-9,19H,3-5,10-16H2,1-2H3/t19-/m0/s1. The van der Waals surface area contributed by atoms with E-state index in [9.17, 15) is 14.4 Å². The molecule has 0 unspecified atom stereocenters. The van der Waals surface area contributed by atoms with Crippen LogP contribution < -0.4 is 0 Å². The van der Waals surface area contributed by atoms with E-state index in [4.69, 9.17) is 4.74 Å². The maximum Gasteiger partial charge on any atom is 0.256 e. The molecule has 30 heavy (non-hydrogen) atoms. The number of carbonyl (C=O) groups excluding carboxylic acids is 3. The van der Waals surface area contributed by atoms with Crippen LogP contribution in [0.15, 0.2) is 24.3 Å². The minimum absolute atomic E-state index is 0.0168. The molecule has 1 aromatic rings. The Morgan fingerprint density at radius 3 is 2.23 bits per heavy atom. The van der Waals surface area contributed by atoms with Crippen LogP contribution in [-0.4, -0.2) is 77.0 Å². The Labute approximate surface area is 177 Å². The van der Waals surface area contributed by atoms with Crippen LogP contribution in [0.5, 0.6) is 0 Å². The Morgan fingerprint density at radius 1 is 1.00 bits per heavy atom. The van der Waals surface area contributed by atoms with E-state index in [0.717, 1.165) is 31.5 Å². The molecule has 4 rings (SSSR count). The first kappa shape index (κ1) is 20.8. The van der Waals surface area contributed by atoms with Crippen molar-refractivity contribution < 1.29 is 19.1 Å². The van der Waals surface area contributed by atoms with Gasteiger partial charge in [-0.1, -0.05) is 24.6 Å². The highest BCUT2D eigenvalue weighted by Crippen LogP contribution is 2.39. The molecule has 0 aliphatic carbocycles. The average molecular weight is 414 g/mol. The first-order chi connectivity index (χ1) is 14.4. The zero-order chi connectivity index (χ0) is 21.3. The van der Waals surface area contributed by atoms with Gasteiger partial charge in [0.2, 0.25) is 11.8 Å². The van der Waals surface area contributed by atoms with Gasteiger partial charge in [0.25, 0.3) is 5.91 Å². The van der Waals surface area contributed by atoms with Gasteiger partial charge in [-0.25, -0.2) is 0 Å². The molecular formula is C23H31N3O4. The summed E-state index contributed by atoms with van der Waals surface area (Å²) in [6.07, 6.45) is 3.53. The SMILES string of the molecule is CCC(=O)N1CCC2(CC1)OC[C@@H](C(=O)N1CCCC1)N2C(=O)c1ccc(C)cc1.